The van der Waals surface area contributed by atoms with E-state index in [2.05, 4.69) is 10.3 Å². The molecule has 0 spiro atoms. The molecule has 1 aromatic carbocycles. The third-order valence-electron chi connectivity index (χ3n) is 2.55. The van der Waals surface area contributed by atoms with Crippen LogP contribution >= 0.6 is 11.6 Å². The number of amides is 1. The van der Waals surface area contributed by atoms with E-state index in [0.29, 0.717) is 22.1 Å². The number of nitrogen functional groups attached to an aromatic ring is 1. The van der Waals surface area contributed by atoms with Crippen molar-refractivity contribution in [2.45, 2.75) is 6.92 Å². The highest BCUT2D eigenvalue weighted by atomic mass is 35.5. The topological polar surface area (TPSA) is 68.0 Å². The summed E-state index contributed by atoms with van der Waals surface area (Å²) in [5.74, 6) is -0.265. The van der Waals surface area contributed by atoms with Crippen LogP contribution in [-0.4, -0.2) is 10.9 Å². The van der Waals surface area contributed by atoms with Gasteiger partial charge in [-0.2, -0.15) is 0 Å². The fourth-order valence-corrected chi connectivity index (χ4v) is 1.73. The summed E-state index contributed by atoms with van der Waals surface area (Å²) in [6.07, 6.45) is 1.53. The van der Waals surface area contributed by atoms with E-state index in [0.717, 1.165) is 5.56 Å². The van der Waals surface area contributed by atoms with Crippen LogP contribution in [0.3, 0.4) is 0 Å². The second-order valence-electron chi connectivity index (χ2n) is 3.86. The van der Waals surface area contributed by atoms with Crippen molar-refractivity contribution in [2.24, 2.45) is 0 Å². The van der Waals surface area contributed by atoms with E-state index < -0.39 is 0 Å². The zero-order valence-corrected chi connectivity index (χ0v) is 10.5. The molecule has 1 aromatic heterocycles. The van der Waals surface area contributed by atoms with E-state index in [1.165, 1.54) is 6.20 Å². The molecule has 0 saturated heterocycles. The van der Waals surface area contributed by atoms with Crippen LogP contribution in [-0.2, 0) is 0 Å². The Morgan fingerprint density at radius 1 is 1.39 bits per heavy atom. The summed E-state index contributed by atoms with van der Waals surface area (Å²) < 4.78 is 0. The number of nitrogens with one attached hydrogen (secondary N) is 1. The first kappa shape index (κ1) is 12.4. The number of anilines is 2. The molecule has 0 radical (unpaired) electrons. The Morgan fingerprint density at radius 3 is 2.89 bits per heavy atom. The summed E-state index contributed by atoms with van der Waals surface area (Å²) in [5, 5.41) is 3.05. The molecule has 2 rings (SSSR count). The van der Waals surface area contributed by atoms with Crippen LogP contribution < -0.4 is 11.1 Å². The van der Waals surface area contributed by atoms with Crippen LogP contribution in [0.25, 0.3) is 0 Å². The van der Waals surface area contributed by atoms with Crippen molar-refractivity contribution < 1.29 is 4.79 Å². The van der Waals surface area contributed by atoms with Crippen molar-refractivity contribution >= 4 is 28.9 Å². The van der Waals surface area contributed by atoms with Crippen LogP contribution in [0.15, 0.2) is 36.5 Å². The number of hydrogen-bond acceptors (Lipinski definition) is 3. The lowest BCUT2D eigenvalue weighted by atomic mass is 10.1. The van der Waals surface area contributed by atoms with E-state index in [-0.39, 0.29) is 5.91 Å². The van der Waals surface area contributed by atoms with Crippen LogP contribution in [0.5, 0.6) is 0 Å². The van der Waals surface area contributed by atoms with Gasteiger partial charge in [0, 0.05) is 17.6 Å². The first-order valence-electron chi connectivity index (χ1n) is 5.36. The number of aryl methyl sites for hydroxylation is 1. The van der Waals surface area contributed by atoms with E-state index in [9.17, 15) is 4.79 Å². The number of pyridine rings is 1. The Kier molecular flexibility index (Phi) is 3.48. The molecule has 2 aromatic rings. The highest BCUT2D eigenvalue weighted by Gasteiger charge is 2.11. The molecule has 1 amide bonds. The smallest absolute Gasteiger partial charge is 0.257 e. The molecule has 0 unspecified atom stereocenters. The fourth-order valence-electron chi connectivity index (χ4n) is 1.56. The predicted molar refractivity (Wildman–Crippen MR) is 72.8 cm³/mol. The zero-order chi connectivity index (χ0) is 13.1. The maximum Gasteiger partial charge on any atom is 0.257 e. The summed E-state index contributed by atoms with van der Waals surface area (Å²) in [7, 11) is 0. The van der Waals surface area contributed by atoms with Crippen LogP contribution in [0.2, 0.25) is 5.15 Å². The summed E-state index contributed by atoms with van der Waals surface area (Å²) in [4.78, 5) is 15.9. The van der Waals surface area contributed by atoms with Crippen molar-refractivity contribution in [1.29, 1.82) is 0 Å². The van der Waals surface area contributed by atoms with E-state index in [1.807, 2.05) is 13.0 Å². The number of halogens is 1. The molecule has 0 atom stereocenters. The minimum absolute atomic E-state index is 0.265. The second kappa shape index (κ2) is 5.06. The van der Waals surface area contributed by atoms with Gasteiger partial charge in [0.25, 0.3) is 5.91 Å². The maximum absolute atomic E-state index is 12.0. The third-order valence-corrected chi connectivity index (χ3v) is 2.76. The summed E-state index contributed by atoms with van der Waals surface area (Å²) in [6.45, 7) is 1.86. The Balaban J connectivity index is 2.25. The van der Waals surface area contributed by atoms with E-state index in [4.69, 9.17) is 17.3 Å². The van der Waals surface area contributed by atoms with Crippen LogP contribution in [0.4, 0.5) is 11.4 Å². The molecule has 3 N–H and O–H groups in total. The van der Waals surface area contributed by atoms with Crippen molar-refractivity contribution in [3.8, 4) is 0 Å². The average molecular weight is 262 g/mol. The lowest BCUT2D eigenvalue weighted by molar-refractivity contribution is 0.102. The van der Waals surface area contributed by atoms with Crippen molar-refractivity contribution in [2.75, 3.05) is 11.1 Å². The number of aromatic nitrogens is 1. The lowest BCUT2D eigenvalue weighted by Gasteiger charge is -2.09. The van der Waals surface area contributed by atoms with Gasteiger partial charge in [-0.1, -0.05) is 23.7 Å². The normalized spacial score (nSPS) is 10.1. The minimum Gasteiger partial charge on any atom is -0.398 e. The van der Waals surface area contributed by atoms with Gasteiger partial charge >= 0.3 is 0 Å². The van der Waals surface area contributed by atoms with Gasteiger partial charge in [0.05, 0.1) is 5.56 Å². The number of hydrogen-bond donors (Lipinski definition) is 2. The number of benzene rings is 1. The average Bonchev–Trinajstić information content (AvgIpc) is 2.32. The summed E-state index contributed by atoms with van der Waals surface area (Å²) in [5.41, 5.74) is 8.25. The van der Waals surface area contributed by atoms with Gasteiger partial charge in [-0.25, -0.2) is 4.98 Å². The highest BCUT2D eigenvalue weighted by Crippen LogP contribution is 2.19. The van der Waals surface area contributed by atoms with E-state index >= 15 is 0 Å². The molecule has 18 heavy (non-hydrogen) atoms. The van der Waals surface area contributed by atoms with Gasteiger partial charge in [-0.3, -0.25) is 4.79 Å². The molecule has 0 bridgehead atoms. The molecule has 0 saturated carbocycles. The number of rotatable bonds is 2. The highest BCUT2D eigenvalue weighted by molar-refractivity contribution is 6.29. The number of nitrogens with zero attached hydrogens (tertiary/aromatic N) is 1. The minimum atomic E-state index is -0.265. The van der Waals surface area contributed by atoms with Crippen LogP contribution in [0.1, 0.15) is 15.9 Å². The summed E-state index contributed by atoms with van der Waals surface area (Å²) >= 11 is 5.74. The predicted octanol–water partition coefficient (Wildman–Crippen LogP) is 2.88. The van der Waals surface area contributed by atoms with Crippen molar-refractivity contribution in [3.63, 3.8) is 0 Å². The van der Waals surface area contributed by atoms with Gasteiger partial charge < -0.3 is 11.1 Å². The van der Waals surface area contributed by atoms with Gasteiger partial charge in [-0.15, -0.1) is 0 Å². The van der Waals surface area contributed by atoms with Gasteiger partial charge in [-0.05, 0) is 30.7 Å². The number of para-hydroxylation sites is 1. The third kappa shape index (κ3) is 2.60. The number of nitrogens with two attached hydrogens (primary N) is 1. The first-order chi connectivity index (χ1) is 8.58. The lowest BCUT2D eigenvalue weighted by Crippen LogP contribution is -2.14. The van der Waals surface area contributed by atoms with Crippen molar-refractivity contribution in [1.82, 2.24) is 4.98 Å². The molecule has 92 valence electrons. The molecule has 0 aliphatic heterocycles. The molecular weight excluding hydrogens is 250 g/mol. The first-order valence-corrected chi connectivity index (χ1v) is 5.73. The quantitative estimate of drug-likeness (QED) is 0.645. The Labute approximate surface area is 110 Å². The SMILES string of the molecule is Cc1cccc(C(=O)Nc2ccnc(Cl)c2)c1N. The molecular formula is C13H12ClN3O. The zero-order valence-electron chi connectivity index (χ0n) is 9.77. The molecule has 4 nitrogen and oxygen atoms in total. The van der Waals surface area contributed by atoms with Gasteiger partial charge in [0.2, 0.25) is 0 Å². The Bertz CT molecular complexity index is 599. The van der Waals surface area contributed by atoms with Gasteiger partial charge in [0.1, 0.15) is 5.15 Å². The van der Waals surface area contributed by atoms with Gasteiger partial charge in [0.15, 0.2) is 0 Å². The largest absolute Gasteiger partial charge is 0.398 e. The monoisotopic (exact) mass is 261 g/mol. The molecule has 0 aliphatic rings. The van der Waals surface area contributed by atoms with Crippen molar-refractivity contribution in [3.05, 3.63) is 52.8 Å². The fraction of sp³-hybridized carbons (Fsp3) is 0.0769. The molecule has 1 heterocycles. The van der Waals surface area contributed by atoms with E-state index in [1.54, 1.807) is 24.3 Å². The standard InChI is InChI=1S/C13H12ClN3O/c1-8-3-2-4-10(12(8)15)13(18)17-9-5-6-16-11(14)7-9/h2-7H,15H2,1H3,(H,16,17,18). The summed E-state index contributed by atoms with van der Waals surface area (Å²) in [6, 6.07) is 8.57. The Morgan fingerprint density at radius 2 is 2.17 bits per heavy atom. The molecule has 5 heteroatoms. The second-order valence-corrected chi connectivity index (χ2v) is 4.24. The number of carbonyl (C=O) groups is 1. The molecule has 0 fully saturated rings. The molecule has 0 aliphatic carbocycles. The number of carbonyl (C=O) groups excluding carboxylic acids is 1. The maximum atomic E-state index is 12.0. The van der Waals surface area contributed by atoms with Crippen LogP contribution in [0, 0.1) is 6.92 Å². The Hall–Kier alpha value is -2.07.